The number of amides is 2. The predicted molar refractivity (Wildman–Crippen MR) is 130 cm³/mol. The van der Waals surface area contributed by atoms with Crippen LogP contribution in [-0.2, 0) is 10.5 Å². The van der Waals surface area contributed by atoms with Gasteiger partial charge in [-0.1, -0.05) is 18.2 Å². The van der Waals surface area contributed by atoms with Gasteiger partial charge in [-0.2, -0.15) is 0 Å². The van der Waals surface area contributed by atoms with E-state index in [9.17, 15) is 14.0 Å². The Hall–Kier alpha value is -3.20. The highest BCUT2D eigenvalue weighted by atomic mass is 32.2. The molecule has 9 heteroatoms. The number of carbonyl (C=O) groups excluding carboxylic acids is 2. The SMILES string of the molecule is C[C@@H]1CN(C(=O)c2ccc(CSc3ccc(-c4ccc(F)cc4)nn3)o2)CCN1C(=O)C1CCC1. The molecule has 0 N–H and O–H groups in total. The van der Waals surface area contributed by atoms with Gasteiger partial charge in [0.15, 0.2) is 5.76 Å². The average molecular weight is 495 g/mol. The van der Waals surface area contributed by atoms with Crippen LogP contribution in [0.25, 0.3) is 11.3 Å². The zero-order valence-corrected chi connectivity index (χ0v) is 20.3. The van der Waals surface area contributed by atoms with Gasteiger partial charge in [0, 0.05) is 37.2 Å². The normalized spacial score (nSPS) is 18.4. The van der Waals surface area contributed by atoms with Gasteiger partial charge in [-0.25, -0.2) is 4.39 Å². The summed E-state index contributed by atoms with van der Waals surface area (Å²) in [6, 6.07) is 13.3. The molecule has 1 aliphatic heterocycles. The Morgan fingerprint density at radius 3 is 2.51 bits per heavy atom. The second-order valence-electron chi connectivity index (χ2n) is 9.08. The van der Waals surface area contributed by atoms with Crippen LogP contribution in [0.4, 0.5) is 4.39 Å². The summed E-state index contributed by atoms with van der Waals surface area (Å²) in [5, 5.41) is 9.17. The molecule has 0 bridgehead atoms. The Bertz CT molecular complexity index is 1190. The van der Waals surface area contributed by atoms with Crippen LogP contribution in [0.5, 0.6) is 0 Å². The first-order valence-electron chi connectivity index (χ1n) is 11.9. The van der Waals surface area contributed by atoms with Gasteiger partial charge in [0.05, 0.1) is 11.4 Å². The minimum atomic E-state index is -0.291. The van der Waals surface area contributed by atoms with E-state index in [1.807, 2.05) is 24.0 Å². The molecule has 1 saturated carbocycles. The summed E-state index contributed by atoms with van der Waals surface area (Å²) in [5.74, 6) is 1.47. The molecular weight excluding hydrogens is 467 g/mol. The third kappa shape index (κ3) is 5.24. The number of rotatable bonds is 6. The van der Waals surface area contributed by atoms with E-state index in [-0.39, 0.29) is 29.6 Å². The summed E-state index contributed by atoms with van der Waals surface area (Å²) < 4.78 is 18.9. The molecule has 1 aromatic carbocycles. The Morgan fingerprint density at radius 1 is 1.06 bits per heavy atom. The van der Waals surface area contributed by atoms with Crippen LogP contribution in [0.1, 0.15) is 42.5 Å². The summed E-state index contributed by atoms with van der Waals surface area (Å²) in [6.07, 6.45) is 3.11. The minimum Gasteiger partial charge on any atom is -0.455 e. The molecule has 2 amide bonds. The van der Waals surface area contributed by atoms with E-state index in [2.05, 4.69) is 10.2 Å². The number of benzene rings is 1. The van der Waals surface area contributed by atoms with Gasteiger partial charge in [0.25, 0.3) is 5.91 Å². The topological polar surface area (TPSA) is 79.5 Å². The third-order valence-electron chi connectivity index (χ3n) is 6.67. The van der Waals surface area contributed by atoms with Crippen LogP contribution in [0, 0.1) is 11.7 Å². The molecule has 0 unspecified atom stereocenters. The van der Waals surface area contributed by atoms with E-state index in [4.69, 9.17) is 4.42 Å². The number of piperazine rings is 1. The predicted octanol–water partition coefficient (Wildman–Crippen LogP) is 4.64. The standard InChI is InChI=1S/C26H27FN4O3S/c1-17-15-30(13-14-31(17)25(32)19-3-2-4-19)26(33)23-11-9-21(34-23)16-35-24-12-10-22(28-29-24)18-5-7-20(27)8-6-18/h5-12,17,19H,2-4,13-16H2,1H3/t17-/m1/s1. The smallest absolute Gasteiger partial charge is 0.289 e. The van der Waals surface area contributed by atoms with E-state index in [0.29, 0.717) is 42.6 Å². The molecule has 0 radical (unpaired) electrons. The lowest BCUT2D eigenvalue weighted by Gasteiger charge is -2.42. The fourth-order valence-electron chi connectivity index (χ4n) is 4.40. The van der Waals surface area contributed by atoms with Crippen molar-refractivity contribution in [3.63, 3.8) is 0 Å². The molecule has 5 rings (SSSR count). The highest BCUT2D eigenvalue weighted by Gasteiger charge is 2.36. The molecule has 2 aromatic heterocycles. The first-order chi connectivity index (χ1) is 17.0. The molecule has 2 fully saturated rings. The molecule has 3 heterocycles. The van der Waals surface area contributed by atoms with Crippen molar-refractivity contribution in [1.29, 1.82) is 0 Å². The van der Waals surface area contributed by atoms with Crippen molar-refractivity contribution in [2.45, 2.75) is 43.0 Å². The Labute approximate surface area is 207 Å². The van der Waals surface area contributed by atoms with Gasteiger partial charge < -0.3 is 14.2 Å². The van der Waals surface area contributed by atoms with Gasteiger partial charge >= 0.3 is 0 Å². The summed E-state index contributed by atoms with van der Waals surface area (Å²) in [5.41, 5.74) is 1.47. The highest BCUT2D eigenvalue weighted by molar-refractivity contribution is 7.98. The van der Waals surface area contributed by atoms with Crippen LogP contribution >= 0.6 is 11.8 Å². The largest absolute Gasteiger partial charge is 0.455 e. The number of halogens is 1. The molecule has 7 nitrogen and oxygen atoms in total. The van der Waals surface area contributed by atoms with Crippen molar-refractivity contribution < 1.29 is 18.4 Å². The first-order valence-corrected chi connectivity index (χ1v) is 12.9. The average Bonchev–Trinajstić information content (AvgIpc) is 3.31. The molecule has 1 aliphatic carbocycles. The summed E-state index contributed by atoms with van der Waals surface area (Å²) in [4.78, 5) is 29.3. The van der Waals surface area contributed by atoms with Crippen molar-refractivity contribution >= 4 is 23.6 Å². The second-order valence-corrected chi connectivity index (χ2v) is 10.1. The molecule has 35 heavy (non-hydrogen) atoms. The number of furan rings is 1. The quantitative estimate of drug-likeness (QED) is 0.465. The van der Waals surface area contributed by atoms with E-state index in [0.717, 1.165) is 29.9 Å². The van der Waals surface area contributed by atoms with E-state index >= 15 is 0 Å². The monoisotopic (exact) mass is 494 g/mol. The Kier molecular flexibility index (Phi) is 6.86. The lowest BCUT2D eigenvalue weighted by molar-refractivity contribution is -0.142. The van der Waals surface area contributed by atoms with E-state index in [1.54, 1.807) is 29.2 Å². The molecule has 3 aromatic rings. The number of thioether (sulfide) groups is 1. The van der Waals surface area contributed by atoms with Crippen LogP contribution < -0.4 is 0 Å². The van der Waals surface area contributed by atoms with Crippen LogP contribution in [0.3, 0.4) is 0 Å². The highest BCUT2D eigenvalue weighted by Crippen LogP contribution is 2.30. The van der Waals surface area contributed by atoms with Gasteiger partial charge in [0.1, 0.15) is 16.6 Å². The molecule has 182 valence electrons. The maximum Gasteiger partial charge on any atom is 0.289 e. The summed E-state index contributed by atoms with van der Waals surface area (Å²) in [6.45, 7) is 3.60. The second kappa shape index (κ2) is 10.2. The van der Waals surface area contributed by atoms with Crippen LogP contribution in [0.2, 0.25) is 0 Å². The summed E-state index contributed by atoms with van der Waals surface area (Å²) >= 11 is 1.46. The summed E-state index contributed by atoms with van der Waals surface area (Å²) in [7, 11) is 0. The lowest BCUT2D eigenvalue weighted by atomic mass is 9.84. The fraction of sp³-hybridized carbons (Fsp3) is 0.385. The number of carbonyl (C=O) groups is 2. The number of aromatic nitrogens is 2. The van der Waals surface area contributed by atoms with Crippen molar-refractivity contribution in [3.05, 3.63) is 65.9 Å². The maximum absolute atomic E-state index is 13.1. The van der Waals surface area contributed by atoms with Crippen molar-refractivity contribution in [2.24, 2.45) is 5.92 Å². The molecule has 2 aliphatic rings. The van der Waals surface area contributed by atoms with Crippen molar-refractivity contribution in [3.8, 4) is 11.3 Å². The third-order valence-corrected chi connectivity index (χ3v) is 7.61. The van der Waals surface area contributed by atoms with Gasteiger partial charge in [0.2, 0.25) is 5.91 Å². The van der Waals surface area contributed by atoms with Gasteiger partial charge in [-0.05, 0) is 68.3 Å². The lowest BCUT2D eigenvalue weighted by Crippen LogP contribution is -2.57. The zero-order chi connectivity index (χ0) is 24.4. The number of nitrogens with zero attached hydrogens (tertiary/aromatic N) is 4. The van der Waals surface area contributed by atoms with Crippen LogP contribution in [0.15, 0.2) is 58.0 Å². The fourth-order valence-corrected chi connectivity index (χ4v) is 5.11. The Morgan fingerprint density at radius 2 is 1.86 bits per heavy atom. The van der Waals surface area contributed by atoms with Gasteiger partial charge in [-0.3, -0.25) is 9.59 Å². The molecule has 1 atom stereocenters. The zero-order valence-electron chi connectivity index (χ0n) is 19.5. The van der Waals surface area contributed by atoms with Crippen LogP contribution in [-0.4, -0.2) is 57.5 Å². The molecular formula is C26H27FN4O3S. The maximum atomic E-state index is 13.1. The number of hydrogen-bond acceptors (Lipinski definition) is 6. The van der Waals surface area contributed by atoms with Crippen molar-refractivity contribution in [1.82, 2.24) is 20.0 Å². The first kappa shape index (κ1) is 23.5. The number of hydrogen-bond donors (Lipinski definition) is 0. The molecule has 0 spiro atoms. The van der Waals surface area contributed by atoms with Crippen molar-refractivity contribution in [2.75, 3.05) is 19.6 Å². The van der Waals surface area contributed by atoms with E-state index < -0.39 is 0 Å². The van der Waals surface area contributed by atoms with E-state index in [1.165, 1.54) is 23.9 Å². The Balaban J connectivity index is 1.14. The molecule has 1 saturated heterocycles. The van der Waals surface area contributed by atoms with Gasteiger partial charge in [-0.15, -0.1) is 10.2 Å². The minimum absolute atomic E-state index is 0.00208.